The standard InChI is InChI=1S/C21H22N4O5/c1-22-9-10-23(18(12-22)15-5-3-2-4-6-15)20(26)13-24-17-11-16(25(28)29)7-8-19(17)30-14-21(24)27/h2-8,11,18H,9-10,12-14H2,1H3/t18-/m0/s1. The maximum Gasteiger partial charge on any atom is 0.271 e. The van der Waals surface area contributed by atoms with E-state index in [1.807, 2.05) is 37.4 Å². The third-order valence-electron chi connectivity index (χ3n) is 5.48. The minimum atomic E-state index is -0.536. The first-order valence-corrected chi connectivity index (χ1v) is 9.68. The van der Waals surface area contributed by atoms with Gasteiger partial charge in [0.2, 0.25) is 5.91 Å². The molecular formula is C21H22N4O5. The fourth-order valence-corrected chi connectivity index (χ4v) is 3.88. The van der Waals surface area contributed by atoms with Gasteiger partial charge in [-0.25, -0.2) is 0 Å². The largest absolute Gasteiger partial charge is 0.482 e. The molecule has 1 fully saturated rings. The summed E-state index contributed by atoms with van der Waals surface area (Å²) in [4.78, 5) is 41.6. The van der Waals surface area contributed by atoms with Gasteiger partial charge in [0, 0.05) is 31.8 Å². The molecule has 30 heavy (non-hydrogen) atoms. The van der Waals surface area contributed by atoms with Crippen LogP contribution in [0.4, 0.5) is 11.4 Å². The summed E-state index contributed by atoms with van der Waals surface area (Å²) in [5.74, 6) is -0.252. The smallest absolute Gasteiger partial charge is 0.271 e. The molecular weight excluding hydrogens is 388 g/mol. The molecule has 2 aliphatic rings. The van der Waals surface area contributed by atoms with E-state index in [2.05, 4.69) is 4.90 Å². The number of nitrogens with zero attached hydrogens (tertiary/aromatic N) is 4. The second-order valence-corrected chi connectivity index (χ2v) is 7.45. The van der Waals surface area contributed by atoms with Crippen LogP contribution in [0, 0.1) is 10.1 Å². The van der Waals surface area contributed by atoms with Gasteiger partial charge in [-0.05, 0) is 18.7 Å². The molecule has 4 rings (SSSR count). The quantitative estimate of drug-likeness (QED) is 0.564. The number of amides is 2. The molecule has 0 saturated carbocycles. The molecule has 2 amide bonds. The Labute approximate surface area is 173 Å². The number of carbonyl (C=O) groups excluding carboxylic acids is 2. The van der Waals surface area contributed by atoms with Gasteiger partial charge in [0.05, 0.1) is 16.7 Å². The van der Waals surface area contributed by atoms with Crippen LogP contribution < -0.4 is 9.64 Å². The van der Waals surface area contributed by atoms with Crippen molar-refractivity contribution in [3.63, 3.8) is 0 Å². The van der Waals surface area contributed by atoms with E-state index < -0.39 is 10.8 Å². The van der Waals surface area contributed by atoms with Gasteiger partial charge in [0.25, 0.3) is 11.6 Å². The minimum Gasteiger partial charge on any atom is -0.482 e. The third kappa shape index (κ3) is 3.84. The van der Waals surface area contributed by atoms with Crippen molar-refractivity contribution in [1.29, 1.82) is 0 Å². The first kappa shape index (κ1) is 19.8. The van der Waals surface area contributed by atoms with Crippen molar-refractivity contribution in [2.24, 2.45) is 0 Å². The highest BCUT2D eigenvalue weighted by molar-refractivity contribution is 6.02. The summed E-state index contributed by atoms with van der Waals surface area (Å²) in [7, 11) is 2.01. The number of non-ortho nitro benzene ring substituents is 1. The molecule has 2 aromatic rings. The number of ether oxygens (including phenoxy) is 1. The number of likely N-dealkylation sites (N-methyl/N-ethyl adjacent to an activating group) is 1. The molecule has 0 N–H and O–H groups in total. The summed E-state index contributed by atoms with van der Waals surface area (Å²) in [6.45, 7) is 1.56. The number of nitro benzene ring substituents is 1. The van der Waals surface area contributed by atoms with Crippen LogP contribution in [-0.2, 0) is 9.59 Å². The molecule has 156 valence electrons. The minimum absolute atomic E-state index is 0.127. The van der Waals surface area contributed by atoms with Gasteiger partial charge in [0.1, 0.15) is 12.3 Å². The molecule has 1 atom stereocenters. The van der Waals surface area contributed by atoms with Crippen molar-refractivity contribution in [1.82, 2.24) is 9.80 Å². The maximum atomic E-state index is 13.3. The first-order chi connectivity index (χ1) is 14.4. The third-order valence-corrected chi connectivity index (χ3v) is 5.48. The van der Waals surface area contributed by atoms with Crippen LogP contribution >= 0.6 is 0 Å². The number of hydrogen-bond acceptors (Lipinski definition) is 6. The molecule has 2 aliphatic heterocycles. The Kier molecular flexibility index (Phi) is 5.37. The zero-order valence-corrected chi connectivity index (χ0v) is 16.6. The van der Waals surface area contributed by atoms with E-state index in [4.69, 9.17) is 4.74 Å². The number of piperazine rings is 1. The van der Waals surface area contributed by atoms with Crippen LogP contribution in [-0.4, -0.2) is 66.4 Å². The van der Waals surface area contributed by atoms with Gasteiger partial charge in [-0.15, -0.1) is 0 Å². The van der Waals surface area contributed by atoms with Gasteiger partial charge in [0.15, 0.2) is 6.61 Å². The molecule has 0 aromatic heterocycles. The summed E-state index contributed by atoms with van der Waals surface area (Å²) >= 11 is 0. The van der Waals surface area contributed by atoms with Crippen molar-refractivity contribution < 1.29 is 19.2 Å². The van der Waals surface area contributed by atoms with Crippen molar-refractivity contribution in [3.8, 4) is 5.75 Å². The van der Waals surface area contributed by atoms with Gasteiger partial charge in [-0.3, -0.25) is 24.6 Å². The normalized spacial score (nSPS) is 19.2. The van der Waals surface area contributed by atoms with Crippen LogP contribution in [0.25, 0.3) is 0 Å². The molecule has 0 aliphatic carbocycles. The highest BCUT2D eigenvalue weighted by atomic mass is 16.6. The number of rotatable bonds is 4. The van der Waals surface area contributed by atoms with Crippen molar-refractivity contribution in [3.05, 3.63) is 64.2 Å². The van der Waals surface area contributed by atoms with E-state index >= 15 is 0 Å². The zero-order chi connectivity index (χ0) is 21.3. The summed E-state index contributed by atoms with van der Waals surface area (Å²) < 4.78 is 5.39. The van der Waals surface area contributed by atoms with E-state index in [9.17, 15) is 19.7 Å². The molecule has 0 bridgehead atoms. The maximum absolute atomic E-state index is 13.3. The molecule has 0 radical (unpaired) electrons. The van der Waals surface area contributed by atoms with Crippen molar-refractivity contribution >= 4 is 23.2 Å². The first-order valence-electron chi connectivity index (χ1n) is 9.68. The average molecular weight is 410 g/mol. The fraction of sp³-hybridized carbons (Fsp3) is 0.333. The monoisotopic (exact) mass is 410 g/mol. The Morgan fingerprint density at radius 2 is 1.97 bits per heavy atom. The zero-order valence-electron chi connectivity index (χ0n) is 16.6. The Morgan fingerprint density at radius 1 is 1.20 bits per heavy atom. The predicted molar refractivity (Wildman–Crippen MR) is 109 cm³/mol. The average Bonchev–Trinajstić information content (AvgIpc) is 2.75. The van der Waals surface area contributed by atoms with Crippen molar-refractivity contribution in [2.45, 2.75) is 6.04 Å². The van der Waals surface area contributed by atoms with E-state index in [-0.39, 0.29) is 36.5 Å². The van der Waals surface area contributed by atoms with Gasteiger partial charge >= 0.3 is 0 Å². The Balaban J connectivity index is 1.60. The lowest BCUT2D eigenvalue weighted by Gasteiger charge is -2.41. The number of nitro groups is 1. The lowest BCUT2D eigenvalue weighted by molar-refractivity contribution is -0.384. The predicted octanol–water partition coefficient (Wildman–Crippen LogP) is 1.84. The second-order valence-electron chi connectivity index (χ2n) is 7.45. The molecule has 1 saturated heterocycles. The van der Waals surface area contributed by atoms with Crippen LogP contribution in [0.2, 0.25) is 0 Å². The van der Waals surface area contributed by atoms with Crippen LogP contribution in [0.3, 0.4) is 0 Å². The van der Waals surface area contributed by atoms with Gasteiger partial charge in [-0.1, -0.05) is 30.3 Å². The number of anilines is 1. The Bertz CT molecular complexity index is 981. The molecule has 9 nitrogen and oxygen atoms in total. The summed E-state index contributed by atoms with van der Waals surface area (Å²) in [6, 6.07) is 13.7. The molecule has 2 heterocycles. The highest BCUT2D eigenvalue weighted by Gasteiger charge is 2.34. The molecule has 2 aromatic carbocycles. The molecule has 0 unspecified atom stereocenters. The lowest BCUT2D eigenvalue weighted by Crippen LogP contribution is -2.53. The molecule has 9 heteroatoms. The van der Waals surface area contributed by atoms with E-state index in [1.165, 1.54) is 23.1 Å². The number of carbonyl (C=O) groups is 2. The van der Waals surface area contributed by atoms with E-state index in [1.54, 1.807) is 4.90 Å². The molecule has 0 spiro atoms. The SMILES string of the molecule is CN1CCN(C(=O)CN2C(=O)COc3ccc([N+](=O)[O-])cc32)[C@H](c2ccccc2)C1. The topological polar surface area (TPSA) is 96.2 Å². The summed E-state index contributed by atoms with van der Waals surface area (Å²) in [6.07, 6.45) is 0. The number of fused-ring (bicyclic) bond motifs is 1. The Hall–Kier alpha value is -3.46. The highest BCUT2D eigenvalue weighted by Crippen LogP contribution is 2.35. The fourth-order valence-electron chi connectivity index (χ4n) is 3.88. The van der Waals surface area contributed by atoms with Gasteiger partial charge in [-0.2, -0.15) is 0 Å². The van der Waals surface area contributed by atoms with E-state index in [0.717, 1.165) is 12.1 Å². The Morgan fingerprint density at radius 3 is 2.70 bits per heavy atom. The van der Waals surface area contributed by atoms with Gasteiger partial charge < -0.3 is 14.5 Å². The lowest BCUT2D eigenvalue weighted by atomic mass is 10.0. The summed E-state index contributed by atoms with van der Waals surface area (Å²) in [5.41, 5.74) is 1.12. The van der Waals surface area contributed by atoms with Crippen LogP contribution in [0.15, 0.2) is 48.5 Å². The number of benzene rings is 2. The van der Waals surface area contributed by atoms with Crippen molar-refractivity contribution in [2.75, 3.05) is 44.7 Å². The van der Waals surface area contributed by atoms with E-state index in [0.29, 0.717) is 18.8 Å². The van der Waals surface area contributed by atoms with Crippen LogP contribution in [0.1, 0.15) is 11.6 Å². The summed E-state index contributed by atoms with van der Waals surface area (Å²) in [5, 5.41) is 11.2. The number of hydrogen-bond donors (Lipinski definition) is 0. The van der Waals surface area contributed by atoms with Crippen LogP contribution in [0.5, 0.6) is 5.75 Å². The second kappa shape index (κ2) is 8.11.